The zero-order chi connectivity index (χ0) is 37.5. The molecular formula is C46H77N5O. The van der Waals surface area contributed by atoms with Crippen LogP contribution in [0.2, 0.25) is 0 Å². The van der Waals surface area contributed by atoms with Gasteiger partial charge in [0.05, 0.1) is 11.8 Å². The first kappa shape index (κ1) is 41.0. The topological polar surface area (TPSA) is 67.5 Å². The summed E-state index contributed by atoms with van der Waals surface area (Å²) in [4.78, 5) is 13.1. The van der Waals surface area contributed by atoms with Crippen molar-refractivity contribution in [2.75, 3.05) is 39.1 Å². The van der Waals surface area contributed by atoms with Gasteiger partial charge in [-0.25, -0.2) is 0 Å². The lowest BCUT2D eigenvalue weighted by Gasteiger charge is -2.61. The average Bonchev–Trinajstić information content (AvgIpc) is 3.46. The van der Waals surface area contributed by atoms with Crippen LogP contribution in [0.3, 0.4) is 0 Å². The molecule has 52 heavy (non-hydrogen) atoms. The van der Waals surface area contributed by atoms with Gasteiger partial charge in [0.25, 0.3) is 0 Å². The average molecular weight is 716 g/mol. The summed E-state index contributed by atoms with van der Waals surface area (Å²) in [6, 6.07) is 8.38. The molecule has 4 aliphatic carbocycles. The highest BCUT2D eigenvalue weighted by Crippen LogP contribution is 2.68. The van der Waals surface area contributed by atoms with Crippen molar-refractivity contribution in [3.63, 3.8) is 0 Å². The maximum absolute atomic E-state index is 6.60. The van der Waals surface area contributed by atoms with Crippen LogP contribution in [0.25, 0.3) is 0 Å². The molecule has 0 amide bonds. The highest BCUT2D eigenvalue weighted by molar-refractivity contribution is 5.44. The van der Waals surface area contributed by atoms with E-state index < -0.39 is 0 Å². The summed E-state index contributed by atoms with van der Waals surface area (Å²) in [5, 5.41) is 0. The lowest BCUT2D eigenvalue weighted by Crippen LogP contribution is -2.54. The van der Waals surface area contributed by atoms with Crippen LogP contribution in [-0.2, 0) is 13.0 Å². The molecule has 9 atom stereocenters. The van der Waals surface area contributed by atoms with Crippen molar-refractivity contribution in [1.82, 2.24) is 14.9 Å². The van der Waals surface area contributed by atoms with Gasteiger partial charge < -0.3 is 15.4 Å². The molecule has 0 spiro atoms. The largest absolute Gasteiger partial charge is 0.490 e. The first-order valence-electron chi connectivity index (χ1n) is 21.5. The van der Waals surface area contributed by atoms with E-state index in [9.17, 15) is 0 Å². The Bertz CT molecular complexity index is 1380. The molecule has 0 saturated heterocycles. The molecule has 6 rings (SSSR count). The smallest absolute Gasteiger partial charge is 0.123 e. The van der Waals surface area contributed by atoms with Gasteiger partial charge in [-0.1, -0.05) is 67.2 Å². The number of hydrogen-bond donors (Lipinski definition) is 1. The standard InChI is InChI=1S/C35H57NO.C11H20N4/c1-7-9-27-23-29(18-21-36-27)37-28-16-19-34(5)26(22-28)12-13-30-32-15-14-31(25(4)11-8-10-24(2)3)35(32,6)20-17-33(30)34;1-14(2)11-4-6-13-10(8-11)9-15(3)7-5-12/h18,21,23-26,28,30-33H,7-17,19-20,22H2,1-6H3;4,6,8H,5,7,9,12H2,1-3H3/t25-,26?,28+,30+,31-,32+,33+,34+,35-;/m1./s1. The molecular weight excluding hydrogens is 639 g/mol. The zero-order valence-corrected chi connectivity index (χ0v) is 34.9. The Morgan fingerprint density at radius 1 is 0.865 bits per heavy atom. The van der Waals surface area contributed by atoms with E-state index in [0.717, 1.165) is 78.8 Å². The van der Waals surface area contributed by atoms with Crippen molar-refractivity contribution in [3.05, 3.63) is 48.0 Å². The van der Waals surface area contributed by atoms with Gasteiger partial charge >= 0.3 is 0 Å². The van der Waals surface area contributed by atoms with Gasteiger partial charge in [-0.2, -0.15) is 0 Å². The Labute approximate surface area is 319 Å². The van der Waals surface area contributed by atoms with Gasteiger partial charge in [0.2, 0.25) is 0 Å². The number of pyridine rings is 2. The van der Waals surface area contributed by atoms with E-state index in [-0.39, 0.29) is 0 Å². The predicted octanol–water partition coefficient (Wildman–Crippen LogP) is 10.4. The van der Waals surface area contributed by atoms with Gasteiger partial charge in [-0.3, -0.25) is 14.9 Å². The Hall–Kier alpha value is -2.18. The summed E-state index contributed by atoms with van der Waals surface area (Å²) in [6.07, 6.45) is 23.5. The van der Waals surface area contributed by atoms with Gasteiger partial charge in [0, 0.05) is 63.6 Å². The lowest BCUT2D eigenvalue weighted by molar-refractivity contribution is -0.126. The first-order valence-corrected chi connectivity index (χ1v) is 21.5. The fourth-order valence-electron chi connectivity index (χ4n) is 11.9. The number of aryl methyl sites for hydroxylation is 1. The van der Waals surface area contributed by atoms with Crippen molar-refractivity contribution in [3.8, 4) is 5.75 Å². The monoisotopic (exact) mass is 716 g/mol. The third kappa shape index (κ3) is 9.73. The van der Waals surface area contributed by atoms with E-state index in [1.165, 1.54) is 88.4 Å². The van der Waals surface area contributed by atoms with E-state index in [2.05, 4.69) is 86.6 Å². The summed E-state index contributed by atoms with van der Waals surface area (Å²) in [5.74, 6) is 7.57. The van der Waals surface area contributed by atoms with Crippen LogP contribution in [0, 0.1) is 52.3 Å². The maximum Gasteiger partial charge on any atom is 0.123 e. The SMILES string of the molecule is CCCc1cc(O[C@H]2CC[C@@]3(C)C(CC[C@H]4[C@@H]5CC[C@H]([C@H](C)CCCC(C)C)[C@@]5(C)CC[C@@H]43)C2)ccn1.CN(CCN)Cc1cc(N(C)C)ccn1. The molecule has 4 saturated carbocycles. The second-order valence-electron chi connectivity index (χ2n) is 18.9. The van der Waals surface area contributed by atoms with E-state index in [1.807, 2.05) is 32.6 Å². The van der Waals surface area contributed by atoms with E-state index in [4.69, 9.17) is 10.5 Å². The third-order valence-corrected chi connectivity index (χ3v) is 14.7. The second-order valence-corrected chi connectivity index (χ2v) is 18.9. The summed E-state index contributed by atoms with van der Waals surface area (Å²) in [6.45, 7) is 17.5. The van der Waals surface area contributed by atoms with E-state index in [1.54, 1.807) is 0 Å². The van der Waals surface area contributed by atoms with Crippen molar-refractivity contribution >= 4 is 5.69 Å². The first-order chi connectivity index (χ1) is 24.9. The number of nitrogens with zero attached hydrogens (tertiary/aromatic N) is 4. The van der Waals surface area contributed by atoms with Crippen LogP contribution < -0.4 is 15.4 Å². The highest BCUT2D eigenvalue weighted by atomic mass is 16.5. The molecule has 1 unspecified atom stereocenters. The maximum atomic E-state index is 6.60. The fourth-order valence-corrected chi connectivity index (χ4v) is 11.9. The van der Waals surface area contributed by atoms with Crippen LogP contribution in [0.5, 0.6) is 5.75 Å². The molecule has 4 fully saturated rings. The minimum Gasteiger partial charge on any atom is -0.490 e. The van der Waals surface area contributed by atoms with Crippen LogP contribution in [-0.4, -0.2) is 55.2 Å². The number of hydrogen-bond acceptors (Lipinski definition) is 6. The minimum absolute atomic E-state index is 0.392. The Morgan fingerprint density at radius 3 is 2.33 bits per heavy atom. The third-order valence-electron chi connectivity index (χ3n) is 14.7. The Balaban J connectivity index is 0.000000293. The molecule has 2 aromatic heterocycles. The number of anilines is 1. The number of ether oxygens (including phenoxy) is 1. The minimum atomic E-state index is 0.392. The number of likely N-dealkylation sites (N-methyl/N-ethyl adjacent to an activating group) is 1. The van der Waals surface area contributed by atoms with Crippen LogP contribution in [0.15, 0.2) is 36.7 Å². The van der Waals surface area contributed by atoms with Crippen molar-refractivity contribution in [2.24, 2.45) is 58.0 Å². The molecule has 0 aromatic carbocycles. The number of aromatic nitrogens is 2. The normalized spacial score (nSPS) is 31.6. The van der Waals surface area contributed by atoms with Gasteiger partial charge in [0.1, 0.15) is 5.75 Å². The molecule has 2 aromatic rings. The summed E-state index contributed by atoms with van der Waals surface area (Å²) < 4.78 is 6.60. The Morgan fingerprint density at radius 2 is 1.60 bits per heavy atom. The van der Waals surface area contributed by atoms with Crippen LogP contribution in [0.4, 0.5) is 5.69 Å². The molecule has 0 radical (unpaired) electrons. The van der Waals surface area contributed by atoms with Gasteiger partial charge in [-0.05, 0) is 142 Å². The zero-order valence-electron chi connectivity index (χ0n) is 34.9. The molecule has 0 aliphatic heterocycles. The Kier molecular flexibility index (Phi) is 14.5. The van der Waals surface area contributed by atoms with Gasteiger partial charge in [0.15, 0.2) is 0 Å². The molecule has 6 heteroatoms. The second kappa shape index (κ2) is 18.4. The number of rotatable bonds is 14. The predicted molar refractivity (Wildman–Crippen MR) is 220 cm³/mol. The lowest BCUT2D eigenvalue weighted by atomic mass is 9.44. The van der Waals surface area contributed by atoms with Gasteiger partial charge in [-0.15, -0.1) is 0 Å². The molecule has 0 bridgehead atoms. The molecule has 2 N–H and O–H groups in total. The molecule has 6 nitrogen and oxygen atoms in total. The van der Waals surface area contributed by atoms with Crippen molar-refractivity contribution < 1.29 is 4.74 Å². The fraction of sp³-hybridized carbons (Fsp3) is 0.783. The molecule has 4 aliphatic rings. The summed E-state index contributed by atoms with van der Waals surface area (Å²) in [7, 11) is 6.11. The molecule has 2 heterocycles. The van der Waals surface area contributed by atoms with E-state index >= 15 is 0 Å². The highest BCUT2D eigenvalue weighted by Gasteiger charge is 2.60. The number of nitrogens with two attached hydrogens (primary N) is 1. The van der Waals surface area contributed by atoms with E-state index in [0.29, 0.717) is 23.5 Å². The summed E-state index contributed by atoms with van der Waals surface area (Å²) in [5.41, 5.74) is 10.1. The quantitative estimate of drug-likeness (QED) is 0.210. The van der Waals surface area contributed by atoms with Crippen molar-refractivity contribution in [1.29, 1.82) is 0 Å². The van der Waals surface area contributed by atoms with Crippen LogP contribution >= 0.6 is 0 Å². The number of fused-ring (bicyclic) bond motifs is 5. The van der Waals surface area contributed by atoms with Crippen molar-refractivity contribution in [2.45, 2.75) is 144 Å². The summed E-state index contributed by atoms with van der Waals surface area (Å²) >= 11 is 0. The molecule has 292 valence electrons. The van der Waals surface area contributed by atoms with Crippen LogP contribution in [0.1, 0.15) is 136 Å².